The van der Waals surface area contributed by atoms with Gasteiger partial charge in [0.25, 0.3) is 0 Å². The van der Waals surface area contributed by atoms with Gasteiger partial charge in [-0.2, -0.15) is 0 Å². The van der Waals surface area contributed by atoms with E-state index in [-0.39, 0.29) is 0 Å². The average Bonchev–Trinajstić information content (AvgIpc) is 2.32. The Morgan fingerprint density at radius 2 is 1.74 bits per heavy atom. The molecule has 1 unspecified atom stereocenters. The van der Waals surface area contributed by atoms with Gasteiger partial charge in [-0.3, -0.25) is 0 Å². The number of hydrogen-bond donors (Lipinski definition) is 1. The summed E-state index contributed by atoms with van der Waals surface area (Å²) in [5.41, 5.74) is 0.835. The van der Waals surface area contributed by atoms with E-state index >= 15 is 0 Å². The van der Waals surface area contributed by atoms with E-state index in [0.717, 1.165) is 24.7 Å². The molecule has 100 valence electrons. The fraction of sp³-hybridized carbons (Fsp3) is 0.143. The molecular formula is C14H11Br3O2. The lowest BCUT2D eigenvalue weighted by Crippen LogP contribution is -1.93. The molecule has 0 amide bonds. The highest BCUT2D eigenvalue weighted by Crippen LogP contribution is 2.34. The number of rotatable bonds is 3. The Morgan fingerprint density at radius 1 is 1.00 bits per heavy atom. The van der Waals surface area contributed by atoms with E-state index in [9.17, 15) is 5.11 Å². The highest BCUT2D eigenvalue weighted by Gasteiger charge is 2.09. The molecule has 0 radical (unpaired) electrons. The molecule has 2 rings (SSSR count). The summed E-state index contributed by atoms with van der Waals surface area (Å²) in [6.45, 7) is 1.73. The van der Waals surface area contributed by atoms with Gasteiger partial charge in [-0.25, -0.2) is 0 Å². The van der Waals surface area contributed by atoms with Crippen molar-refractivity contribution < 1.29 is 9.84 Å². The first-order valence-electron chi connectivity index (χ1n) is 5.58. The van der Waals surface area contributed by atoms with Crippen molar-refractivity contribution in [3.63, 3.8) is 0 Å². The maximum atomic E-state index is 9.58. The Labute approximate surface area is 137 Å². The van der Waals surface area contributed by atoms with Crippen LogP contribution >= 0.6 is 47.8 Å². The maximum Gasteiger partial charge on any atom is 0.141 e. The van der Waals surface area contributed by atoms with Gasteiger partial charge in [-0.15, -0.1) is 0 Å². The SMILES string of the molecule is CC(O)c1ccc(Oc2ccc(Br)cc2Br)cc1Br. The van der Waals surface area contributed by atoms with E-state index < -0.39 is 6.10 Å². The Balaban J connectivity index is 2.26. The normalized spacial score (nSPS) is 12.3. The average molecular weight is 451 g/mol. The first-order valence-corrected chi connectivity index (χ1v) is 7.95. The second-order valence-electron chi connectivity index (χ2n) is 4.04. The summed E-state index contributed by atoms with van der Waals surface area (Å²) < 4.78 is 8.48. The van der Waals surface area contributed by atoms with Gasteiger partial charge in [-0.1, -0.05) is 37.9 Å². The van der Waals surface area contributed by atoms with E-state index in [1.165, 1.54) is 0 Å². The predicted octanol–water partition coefficient (Wildman–Crippen LogP) is 5.82. The largest absolute Gasteiger partial charge is 0.456 e. The first-order chi connectivity index (χ1) is 8.97. The van der Waals surface area contributed by atoms with E-state index in [1.807, 2.05) is 36.4 Å². The lowest BCUT2D eigenvalue weighted by atomic mass is 10.1. The van der Waals surface area contributed by atoms with Crippen molar-refractivity contribution in [2.45, 2.75) is 13.0 Å². The second-order valence-corrected chi connectivity index (χ2v) is 6.66. The van der Waals surface area contributed by atoms with Gasteiger partial charge in [0.1, 0.15) is 11.5 Å². The standard InChI is InChI=1S/C14H11Br3O2/c1-8(18)11-4-3-10(7-12(11)16)19-14-5-2-9(15)6-13(14)17/h2-8,18H,1H3. The molecule has 0 heterocycles. The summed E-state index contributed by atoms with van der Waals surface area (Å²) >= 11 is 10.3. The number of halogens is 3. The van der Waals surface area contributed by atoms with Crippen molar-refractivity contribution in [2.24, 2.45) is 0 Å². The highest BCUT2D eigenvalue weighted by molar-refractivity contribution is 9.11. The van der Waals surface area contributed by atoms with Gasteiger partial charge in [0, 0.05) is 8.95 Å². The first kappa shape index (κ1) is 15.0. The zero-order valence-electron chi connectivity index (χ0n) is 10.0. The molecule has 0 saturated carbocycles. The van der Waals surface area contributed by atoms with Crippen molar-refractivity contribution in [3.8, 4) is 11.5 Å². The second kappa shape index (κ2) is 6.39. The molecule has 0 spiro atoms. The summed E-state index contributed by atoms with van der Waals surface area (Å²) in [4.78, 5) is 0. The summed E-state index contributed by atoms with van der Waals surface area (Å²) in [5, 5.41) is 9.58. The van der Waals surface area contributed by atoms with Crippen LogP contribution in [-0.4, -0.2) is 5.11 Å². The van der Waals surface area contributed by atoms with Crippen LogP contribution in [0.5, 0.6) is 11.5 Å². The van der Waals surface area contributed by atoms with Gasteiger partial charge in [-0.05, 0) is 58.7 Å². The Bertz CT molecular complexity index is 597. The van der Waals surface area contributed by atoms with Gasteiger partial charge in [0.05, 0.1) is 10.6 Å². The van der Waals surface area contributed by atoms with Crippen molar-refractivity contribution in [2.75, 3.05) is 0 Å². The minimum Gasteiger partial charge on any atom is -0.456 e. The molecule has 0 aliphatic carbocycles. The number of ether oxygens (including phenoxy) is 1. The molecule has 2 aromatic rings. The van der Waals surface area contributed by atoms with Crippen molar-refractivity contribution in [1.29, 1.82) is 0 Å². The van der Waals surface area contributed by atoms with Crippen molar-refractivity contribution >= 4 is 47.8 Å². The van der Waals surface area contributed by atoms with E-state index in [0.29, 0.717) is 5.75 Å². The number of hydrogen-bond acceptors (Lipinski definition) is 2. The van der Waals surface area contributed by atoms with Gasteiger partial charge in [0.2, 0.25) is 0 Å². The van der Waals surface area contributed by atoms with Crippen LogP contribution in [-0.2, 0) is 0 Å². The quantitative estimate of drug-likeness (QED) is 0.638. The summed E-state index contributed by atoms with van der Waals surface area (Å²) in [6.07, 6.45) is -0.511. The van der Waals surface area contributed by atoms with E-state index in [4.69, 9.17) is 4.74 Å². The van der Waals surface area contributed by atoms with Gasteiger partial charge >= 0.3 is 0 Å². The van der Waals surface area contributed by atoms with Crippen LogP contribution in [0.4, 0.5) is 0 Å². The molecule has 0 fully saturated rings. The topological polar surface area (TPSA) is 29.5 Å². The fourth-order valence-corrected chi connectivity index (χ4v) is 3.41. The molecule has 0 aliphatic rings. The van der Waals surface area contributed by atoms with E-state index in [1.54, 1.807) is 6.92 Å². The predicted molar refractivity (Wildman–Crippen MR) is 86.7 cm³/mol. The monoisotopic (exact) mass is 448 g/mol. The lowest BCUT2D eigenvalue weighted by molar-refractivity contribution is 0.198. The minimum absolute atomic E-state index is 0.511. The smallest absolute Gasteiger partial charge is 0.141 e. The van der Waals surface area contributed by atoms with Crippen molar-refractivity contribution in [3.05, 3.63) is 55.4 Å². The molecule has 0 aliphatic heterocycles. The van der Waals surface area contributed by atoms with Crippen LogP contribution in [0, 0.1) is 0 Å². The molecular weight excluding hydrogens is 440 g/mol. The van der Waals surface area contributed by atoms with Crippen LogP contribution in [0.3, 0.4) is 0 Å². The molecule has 5 heteroatoms. The minimum atomic E-state index is -0.511. The fourth-order valence-electron chi connectivity index (χ4n) is 1.60. The van der Waals surface area contributed by atoms with Crippen LogP contribution in [0.1, 0.15) is 18.6 Å². The summed E-state index contributed by atoms with van der Waals surface area (Å²) in [6, 6.07) is 11.2. The Hall–Kier alpha value is -0.360. The van der Waals surface area contributed by atoms with Crippen LogP contribution < -0.4 is 4.74 Å². The zero-order valence-corrected chi connectivity index (χ0v) is 14.8. The maximum absolute atomic E-state index is 9.58. The third kappa shape index (κ3) is 3.81. The number of aliphatic hydroxyl groups is 1. The third-order valence-corrected chi connectivity index (χ3v) is 4.34. The van der Waals surface area contributed by atoms with Crippen LogP contribution in [0.15, 0.2) is 49.8 Å². The molecule has 0 bridgehead atoms. The molecule has 2 nitrogen and oxygen atoms in total. The molecule has 1 atom stereocenters. The van der Waals surface area contributed by atoms with E-state index in [2.05, 4.69) is 47.8 Å². The third-order valence-electron chi connectivity index (χ3n) is 2.54. The van der Waals surface area contributed by atoms with Gasteiger partial charge < -0.3 is 9.84 Å². The Kier molecular flexibility index (Phi) is 5.06. The molecule has 0 saturated heterocycles. The van der Waals surface area contributed by atoms with Crippen LogP contribution in [0.25, 0.3) is 0 Å². The number of aliphatic hydroxyl groups excluding tert-OH is 1. The lowest BCUT2D eigenvalue weighted by Gasteiger charge is -2.11. The van der Waals surface area contributed by atoms with Crippen LogP contribution in [0.2, 0.25) is 0 Å². The van der Waals surface area contributed by atoms with Crippen molar-refractivity contribution in [1.82, 2.24) is 0 Å². The molecule has 1 N–H and O–H groups in total. The molecule has 0 aromatic heterocycles. The zero-order chi connectivity index (χ0) is 14.0. The molecule has 2 aromatic carbocycles. The molecule has 19 heavy (non-hydrogen) atoms. The number of benzene rings is 2. The summed E-state index contributed by atoms with van der Waals surface area (Å²) in [5.74, 6) is 1.44. The highest BCUT2D eigenvalue weighted by atomic mass is 79.9. The summed E-state index contributed by atoms with van der Waals surface area (Å²) in [7, 11) is 0. The van der Waals surface area contributed by atoms with Gasteiger partial charge in [0.15, 0.2) is 0 Å². The Morgan fingerprint density at radius 3 is 2.32 bits per heavy atom.